The molecule has 1 aromatic carbocycles. The molecule has 1 N–H and O–H groups in total. The molecule has 0 bridgehead atoms. The molecule has 0 radical (unpaired) electrons. The van der Waals surface area contributed by atoms with Gasteiger partial charge < -0.3 is 10.1 Å². The van der Waals surface area contributed by atoms with Gasteiger partial charge in [-0.1, -0.05) is 12.1 Å². The molecule has 1 saturated heterocycles. The predicted molar refractivity (Wildman–Crippen MR) is 87.1 cm³/mol. The van der Waals surface area contributed by atoms with Crippen LogP contribution in [-0.2, 0) is 6.54 Å². The van der Waals surface area contributed by atoms with E-state index in [-0.39, 0.29) is 12.4 Å². The van der Waals surface area contributed by atoms with Gasteiger partial charge in [0.2, 0.25) is 0 Å². The maximum Gasteiger partial charge on any atom is 0.124 e. The second-order valence-electron chi connectivity index (χ2n) is 5.63. The molecule has 1 aliphatic heterocycles. The van der Waals surface area contributed by atoms with E-state index < -0.39 is 0 Å². The summed E-state index contributed by atoms with van der Waals surface area (Å²) in [5.74, 6) is 1.02. The zero-order chi connectivity index (χ0) is 13.8. The Morgan fingerprint density at radius 1 is 1.30 bits per heavy atom. The Morgan fingerprint density at radius 2 is 1.95 bits per heavy atom. The van der Waals surface area contributed by atoms with Gasteiger partial charge in [0.05, 0.1) is 7.11 Å². The molecular weight excluding hydrogens is 272 g/mol. The first-order valence-corrected chi connectivity index (χ1v) is 7.17. The largest absolute Gasteiger partial charge is 0.496 e. The Balaban J connectivity index is 0.00000200. The maximum absolute atomic E-state index is 5.43. The van der Waals surface area contributed by atoms with Gasteiger partial charge in [-0.2, -0.15) is 0 Å². The number of ether oxygens (including phenoxy) is 1. The highest BCUT2D eigenvalue weighted by Gasteiger charge is 2.18. The number of piperidine rings is 1. The minimum atomic E-state index is 0. The van der Waals surface area contributed by atoms with Crippen LogP contribution in [0.5, 0.6) is 5.75 Å². The van der Waals surface area contributed by atoms with Gasteiger partial charge in [0.25, 0.3) is 0 Å². The van der Waals surface area contributed by atoms with Crippen molar-refractivity contribution in [2.75, 3.05) is 27.2 Å². The van der Waals surface area contributed by atoms with Gasteiger partial charge in [0.15, 0.2) is 0 Å². The molecule has 1 unspecified atom stereocenters. The number of methoxy groups -OCH3 is 1. The van der Waals surface area contributed by atoms with E-state index in [1.165, 1.54) is 36.1 Å². The molecular formula is C16H27ClN2O. The Labute approximate surface area is 129 Å². The average Bonchev–Trinajstić information content (AvgIpc) is 2.38. The third-order valence-corrected chi connectivity index (χ3v) is 4.04. The lowest BCUT2D eigenvalue weighted by Gasteiger charge is -2.32. The zero-order valence-corrected chi connectivity index (χ0v) is 13.8. The van der Waals surface area contributed by atoms with Crippen molar-refractivity contribution in [2.45, 2.75) is 39.3 Å². The molecule has 3 nitrogen and oxygen atoms in total. The fourth-order valence-corrected chi connectivity index (χ4v) is 3.15. The van der Waals surface area contributed by atoms with Crippen molar-refractivity contribution < 1.29 is 4.74 Å². The van der Waals surface area contributed by atoms with Crippen molar-refractivity contribution in [3.8, 4) is 5.75 Å². The van der Waals surface area contributed by atoms with Gasteiger partial charge in [-0.25, -0.2) is 0 Å². The molecule has 20 heavy (non-hydrogen) atoms. The molecule has 0 amide bonds. The van der Waals surface area contributed by atoms with E-state index in [2.05, 4.69) is 43.2 Å². The van der Waals surface area contributed by atoms with Crippen molar-refractivity contribution in [3.63, 3.8) is 0 Å². The number of aryl methyl sites for hydroxylation is 2. The second kappa shape index (κ2) is 7.87. The molecule has 0 aliphatic carbocycles. The first-order valence-electron chi connectivity index (χ1n) is 7.17. The van der Waals surface area contributed by atoms with Crippen molar-refractivity contribution >= 4 is 12.4 Å². The quantitative estimate of drug-likeness (QED) is 0.925. The molecule has 0 saturated carbocycles. The van der Waals surface area contributed by atoms with Crippen LogP contribution in [-0.4, -0.2) is 38.2 Å². The van der Waals surface area contributed by atoms with E-state index in [4.69, 9.17) is 4.74 Å². The molecule has 1 aliphatic rings. The Kier molecular flexibility index (Phi) is 6.80. The summed E-state index contributed by atoms with van der Waals surface area (Å²) in [7, 11) is 3.81. The van der Waals surface area contributed by atoms with Crippen molar-refractivity contribution in [1.82, 2.24) is 10.2 Å². The highest BCUT2D eigenvalue weighted by molar-refractivity contribution is 5.85. The fraction of sp³-hybridized carbons (Fsp3) is 0.625. The molecule has 1 heterocycles. The predicted octanol–water partition coefficient (Wildman–Crippen LogP) is 2.92. The third-order valence-electron chi connectivity index (χ3n) is 4.04. The van der Waals surface area contributed by atoms with Crippen molar-refractivity contribution in [1.29, 1.82) is 0 Å². The number of nitrogens with one attached hydrogen (secondary N) is 1. The van der Waals surface area contributed by atoms with Crippen LogP contribution in [0.25, 0.3) is 0 Å². The highest BCUT2D eigenvalue weighted by atomic mass is 35.5. The summed E-state index contributed by atoms with van der Waals surface area (Å²) in [5, 5.41) is 3.40. The molecule has 0 aromatic heterocycles. The Bertz CT molecular complexity index is 413. The smallest absolute Gasteiger partial charge is 0.124 e. The summed E-state index contributed by atoms with van der Waals surface area (Å²) in [6.07, 6.45) is 2.59. The van der Waals surface area contributed by atoms with E-state index in [1.54, 1.807) is 7.11 Å². The normalized spacial score (nSPS) is 19.5. The van der Waals surface area contributed by atoms with Gasteiger partial charge in [0, 0.05) is 19.1 Å². The topological polar surface area (TPSA) is 24.5 Å². The van der Waals surface area contributed by atoms with Gasteiger partial charge in [-0.3, -0.25) is 4.90 Å². The van der Waals surface area contributed by atoms with E-state index in [0.717, 1.165) is 18.8 Å². The molecule has 0 spiro atoms. The summed E-state index contributed by atoms with van der Waals surface area (Å²) in [4.78, 5) is 2.55. The van der Waals surface area contributed by atoms with Crippen LogP contribution in [0, 0.1) is 13.8 Å². The number of likely N-dealkylation sites (tertiary alicyclic amines) is 1. The number of hydrogen-bond acceptors (Lipinski definition) is 3. The van der Waals surface area contributed by atoms with Crippen LogP contribution in [0.15, 0.2) is 12.1 Å². The first-order chi connectivity index (χ1) is 9.13. The van der Waals surface area contributed by atoms with Crippen molar-refractivity contribution in [3.05, 3.63) is 28.8 Å². The molecule has 114 valence electrons. The monoisotopic (exact) mass is 298 g/mol. The molecule has 2 rings (SSSR count). The van der Waals surface area contributed by atoms with Gasteiger partial charge >= 0.3 is 0 Å². The Morgan fingerprint density at radius 3 is 2.50 bits per heavy atom. The first kappa shape index (κ1) is 17.3. The number of likely N-dealkylation sites (N-methyl/N-ethyl adjacent to an activating group) is 1. The zero-order valence-electron chi connectivity index (χ0n) is 13.0. The molecule has 1 atom stereocenters. The van der Waals surface area contributed by atoms with Crippen LogP contribution < -0.4 is 10.1 Å². The van der Waals surface area contributed by atoms with E-state index in [1.807, 2.05) is 0 Å². The van der Waals surface area contributed by atoms with Crippen LogP contribution in [0.1, 0.15) is 29.5 Å². The van der Waals surface area contributed by atoms with Gasteiger partial charge in [0.1, 0.15) is 5.75 Å². The lowest BCUT2D eigenvalue weighted by molar-refractivity contribution is 0.188. The summed E-state index contributed by atoms with van der Waals surface area (Å²) >= 11 is 0. The highest BCUT2D eigenvalue weighted by Crippen LogP contribution is 2.25. The van der Waals surface area contributed by atoms with Crippen LogP contribution >= 0.6 is 12.4 Å². The maximum atomic E-state index is 5.43. The summed E-state index contributed by atoms with van der Waals surface area (Å²) in [5.41, 5.74) is 3.87. The summed E-state index contributed by atoms with van der Waals surface area (Å²) in [6.45, 7) is 7.66. The Hall–Kier alpha value is -0.770. The minimum Gasteiger partial charge on any atom is -0.496 e. The number of benzene rings is 1. The van der Waals surface area contributed by atoms with E-state index in [9.17, 15) is 0 Å². The van der Waals surface area contributed by atoms with Gasteiger partial charge in [-0.15, -0.1) is 12.4 Å². The summed E-state index contributed by atoms with van der Waals surface area (Å²) < 4.78 is 5.43. The lowest BCUT2D eigenvalue weighted by atomic mass is 10.0. The number of rotatable bonds is 4. The van der Waals surface area contributed by atoms with Crippen LogP contribution in [0.2, 0.25) is 0 Å². The lowest BCUT2D eigenvalue weighted by Crippen LogP contribution is -2.43. The van der Waals surface area contributed by atoms with Crippen LogP contribution in [0.3, 0.4) is 0 Å². The number of nitrogens with zero attached hydrogens (tertiary/aromatic N) is 1. The minimum absolute atomic E-state index is 0. The van der Waals surface area contributed by atoms with E-state index in [0.29, 0.717) is 6.04 Å². The fourth-order valence-electron chi connectivity index (χ4n) is 3.15. The summed E-state index contributed by atoms with van der Waals surface area (Å²) in [6, 6.07) is 5.16. The molecule has 1 aromatic rings. The average molecular weight is 299 g/mol. The van der Waals surface area contributed by atoms with Crippen LogP contribution in [0.4, 0.5) is 0 Å². The van der Waals surface area contributed by atoms with E-state index >= 15 is 0 Å². The number of hydrogen-bond donors (Lipinski definition) is 1. The second-order valence-corrected chi connectivity index (χ2v) is 5.63. The third kappa shape index (κ3) is 4.11. The molecule has 1 fully saturated rings. The molecule has 4 heteroatoms. The van der Waals surface area contributed by atoms with Crippen molar-refractivity contribution in [2.24, 2.45) is 0 Å². The SMILES string of the molecule is CNC1CCCN(Cc2cc(C)c(OC)c(C)c2)C1.Cl. The standard InChI is InChI=1S/C16H26N2O.ClH/c1-12-8-14(9-13(2)16(12)19-4)10-18-7-5-6-15(11-18)17-3;/h8-9,15,17H,5-7,10-11H2,1-4H3;1H. The van der Waals surface area contributed by atoms with Gasteiger partial charge in [-0.05, 0) is 57.0 Å². The number of halogens is 1.